The summed E-state index contributed by atoms with van der Waals surface area (Å²) in [6.45, 7) is 4.30. The molecule has 2 rings (SSSR count). The second-order valence-electron chi connectivity index (χ2n) is 3.76. The molecule has 2 aromatic heterocycles. The van der Waals surface area contributed by atoms with E-state index in [0.29, 0.717) is 11.1 Å². The van der Waals surface area contributed by atoms with Gasteiger partial charge in [-0.2, -0.15) is 0 Å². The van der Waals surface area contributed by atoms with Crippen LogP contribution in [0.25, 0.3) is 5.65 Å². The van der Waals surface area contributed by atoms with Crippen LogP contribution in [0, 0.1) is 5.92 Å². The summed E-state index contributed by atoms with van der Waals surface area (Å²) < 4.78 is 1.89. The molecular formula is C10H12ClN3. The van der Waals surface area contributed by atoms with Gasteiger partial charge in [-0.1, -0.05) is 31.5 Å². The first kappa shape index (κ1) is 9.46. The fourth-order valence-corrected chi connectivity index (χ4v) is 1.71. The van der Waals surface area contributed by atoms with Gasteiger partial charge in [-0.05, 0) is 18.1 Å². The minimum absolute atomic E-state index is 0.554. The molecule has 0 saturated heterocycles. The highest BCUT2D eigenvalue weighted by molar-refractivity contribution is 6.29. The molecule has 3 nitrogen and oxygen atoms in total. The largest absolute Gasteiger partial charge is 0.269 e. The number of rotatable bonds is 2. The molecule has 74 valence electrons. The standard InChI is InChI=1S/C10H12ClN3/c1-7(2)6-10-13-12-9-5-3-4-8(11)14(9)10/h3-5,7H,6H2,1-2H3. The minimum atomic E-state index is 0.554. The first-order valence-corrected chi connectivity index (χ1v) is 5.05. The summed E-state index contributed by atoms with van der Waals surface area (Å²) in [5, 5.41) is 8.86. The van der Waals surface area contributed by atoms with Crippen molar-refractivity contribution in [2.75, 3.05) is 0 Å². The molecule has 0 saturated carbocycles. The van der Waals surface area contributed by atoms with E-state index in [0.717, 1.165) is 17.9 Å². The Morgan fingerprint density at radius 2 is 2.14 bits per heavy atom. The second-order valence-corrected chi connectivity index (χ2v) is 4.14. The van der Waals surface area contributed by atoms with Crippen molar-refractivity contribution in [3.8, 4) is 0 Å². The summed E-state index contributed by atoms with van der Waals surface area (Å²) >= 11 is 6.07. The molecular weight excluding hydrogens is 198 g/mol. The first-order chi connectivity index (χ1) is 6.68. The van der Waals surface area contributed by atoms with E-state index in [-0.39, 0.29) is 0 Å². The van der Waals surface area contributed by atoms with Gasteiger partial charge in [0.1, 0.15) is 11.0 Å². The number of hydrogen-bond donors (Lipinski definition) is 0. The maximum Gasteiger partial charge on any atom is 0.161 e. The Morgan fingerprint density at radius 1 is 1.36 bits per heavy atom. The van der Waals surface area contributed by atoms with Gasteiger partial charge in [0, 0.05) is 6.42 Å². The molecule has 0 aliphatic heterocycles. The number of fused-ring (bicyclic) bond motifs is 1. The van der Waals surface area contributed by atoms with Crippen LogP contribution in [0.2, 0.25) is 5.15 Å². The van der Waals surface area contributed by atoms with Gasteiger partial charge in [0.25, 0.3) is 0 Å². The topological polar surface area (TPSA) is 30.2 Å². The van der Waals surface area contributed by atoms with E-state index in [1.807, 2.05) is 22.6 Å². The third-order valence-corrected chi connectivity index (χ3v) is 2.33. The molecule has 0 aliphatic carbocycles. The van der Waals surface area contributed by atoms with Crippen molar-refractivity contribution < 1.29 is 0 Å². The molecule has 0 aromatic carbocycles. The Morgan fingerprint density at radius 3 is 2.86 bits per heavy atom. The van der Waals surface area contributed by atoms with Crippen LogP contribution in [0.5, 0.6) is 0 Å². The lowest BCUT2D eigenvalue weighted by Crippen LogP contribution is -2.01. The minimum Gasteiger partial charge on any atom is -0.269 e. The summed E-state index contributed by atoms with van der Waals surface area (Å²) in [6, 6.07) is 5.63. The highest BCUT2D eigenvalue weighted by atomic mass is 35.5. The van der Waals surface area contributed by atoms with Crippen LogP contribution in [0.3, 0.4) is 0 Å². The molecule has 0 bridgehead atoms. The van der Waals surface area contributed by atoms with Crippen LogP contribution in [0.1, 0.15) is 19.7 Å². The Kier molecular flexibility index (Phi) is 2.42. The average Bonchev–Trinajstić information content (AvgIpc) is 2.49. The lowest BCUT2D eigenvalue weighted by Gasteiger charge is -2.03. The van der Waals surface area contributed by atoms with Crippen LogP contribution in [0.4, 0.5) is 0 Å². The van der Waals surface area contributed by atoms with Crippen LogP contribution >= 0.6 is 11.6 Å². The lowest BCUT2D eigenvalue weighted by molar-refractivity contribution is 0.616. The zero-order chi connectivity index (χ0) is 10.1. The maximum atomic E-state index is 6.07. The van der Waals surface area contributed by atoms with Crippen molar-refractivity contribution in [2.45, 2.75) is 20.3 Å². The lowest BCUT2D eigenvalue weighted by atomic mass is 10.1. The van der Waals surface area contributed by atoms with Gasteiger partial charge in [0.2, 0.25) is 0 Å². The van der Waals surface area contributed by atoms with E-state index in [1.54, 1.807) is 0 Å². The highest BCUT2D eigenvalue weighted by Gasteiger charge is 2.08. The smallest absolute Gasteiger partial charge is 0.161 e. The van der Waals surface area contributed by atoms with Gasteiger partial charge in [-0.3, -0.25) is 4.40 Å². The third kappa shape index (κ3) is 1.60. The zero-order valence-corrected chi connectivity index (χ0v) is 8.99. The van der Waals surface area contributed by atoms with Gasteiger partial charge in [-0.15, -0.1) is 10.2 Å². The van der Waals surface area contributed by atoms with E-state index in [2.05, 4.69) is 24.0 Å². The van der Waals surface area contributed by atoms with Crippen LogP contribution in [-0.2, 0) is 6.42 Å². The van der Waals surface area contributed by atoms with Crippen molar-refractivity contribution in [3.05, 3.63) is 29.2 Å². The molecule has 0 aliphatic rings. The molecule has 0 spiro atoms. The molecule has 2 aromatic rings. The van der Waals surface area contributed by atoms with Gasteiger partial charge < -0.3 is 0 Å². The average molecular weight is 210 g/mol. The predicted octanol–water partition coefficient (Wildman–Crippen LogP) is 2.58. The molecule has 0 N–H and O–H groups in total. The third-order valence-electron chi connectivity index (χ3n) is 2.04. The first-order valence-electron chi connectivity index (χ1n) is 4.67. The fraction of sp³-hybridized carbons (Fsp3) is 0.400. The molecule has 0 fully saturated rings. The summed E-state index contributed by atoms with van der Waals surface area (Å²) in [5.74, 6) is 1.49. The zero-order valence-electron chi connectivity index (χ0n) is 8.24. The Labute approximate surface area is 87.7 Å². The molecule has 0 amide bonds. The van der Waals surface area contributed by atoms with Crippen molar-refractivity contribution in [1.29, 1.82) is 0 Å². The number of hydrogen-bond acceptors (Lipinski definition) is 2. The molecule has 14 heavy (non-hydrogen) atoms. The predicted molar refractivity (Wildman–Crippen MR) is 56.5 cm³/mol. The van der Waals surface area contributed by atoms with E-state index in [1.165, 1.54) is 0 Å². The van der Waals surface area contributed by atoms with E-state index in [4.69, 9.17) is 11.6 Å². The molecule has 0 radical (unpaired) electrons. The normalized spacial score (nSPS) is 11.4. The highest BCUT2D eigenvalue weighted by Crippen LogP contribution is 2.15. The van der Waals surface area contributed by atoms with E-state index >= 15 is 0 Å². The Balaban J connectivity index is 2.55. The summed E-state index contributed by atoms with van der Waals surface area (Å²) in [5.41, 5.74) is 0.813. The van der Waals surface area contributed by atoms with Crippen LogP contribution in [-0.4, -0.2) is 14.6 Å². The Hall–Kier alpha value is -1.09. The summed E-state index contributed by atoms with van der Waals surface area (Å²) in [4.78, 5) is 0. The number of pyridine rings is 1. The SMILES string of the molecule is CC(C)Cc1nnc2cccc(Cl)n12. The van der Waals surface area contributed by atoms with Gasteiger partial charge in [0.15, 0.2) is 5.65 Å². The summed E-state index contributed by atoms with van der Waals surface area (Å²) in [6.07, 6.45) is 0.894. The van der Waals surface area contributed by atoms with Gasteiger partial charge in [0.05, 0.1) is 0 Å². The Bertz CT molecular complexity index is 448. The van der Waals surface area contributed by atoms with E-state index in [9.17, 15) is 0 Å². The van der Waals surface area contributed by atoms with Crippen molar-refractivity contribution in [3.63, 3.8) is 0 Å². The van der Waals surface area contributed by atoms with Gasteiger partial charge >= 0.3 is 0 Å². The fourth-order valence-electron chi connectivity index (χ4n) is 1.46. The maximum absolute atomic E-state index is 6.07. The van der Waals surface area contributed by atoms with Gasteiger partial charge in [-0.25, -0.2) is 0 Å². The summed E-state index contributed by atoms with van der Waals surface area (Å²) in [7, 11) is 0. The van der Waals surface area contributed by atoms with Crippen LogP contribution in [0.15, 0.2) is 18.2 Å². The number of aromatic nitrogens is 3. The monoisotopic (exact) mass is 209 g/mol. The quantitative estimate of drug-likeness (QED) is 0.712. The van der Waals surface area contributed by atoms with Crippen LogP contribution < -0.4 is 0 Å². The van der Waals surface area contributed by atoms with Crippen molar-refractivity contribution in [2.24, 2.45) is 5.92 Å². The molecule has 4 heteroatoms. The molecule has 0 unspecified atom stereocenters. The molecule has 2 heterocycles. The molecule has 0 atom stereocenters. The second kappa shape index (κ2) is 3.58. The number of halogens is 1. The van der Waals surface area contributed by atoms with Crippen molar-refractivity contribution in [1.82, 2.24) is 14.6 Å². The number of nitrogens with zero attached hydrogens (tertiary/aromatic N) is 3. The van der Waals surface area contributed by atoms with Crippen molar-refractivity contribution >= 4 is 17.2 Å². The van der Waals surface area contributed by atoms with E-state index < -0.39 is 0 Å².